The van der Waals surface area contributed by atoms with Crippen LogP contribution in [0.1, 0.15) is 46.0 Å². The fourth-order valence-corrected chi connectivity index (χ4v) is 2.23. The zero-order valence-electron chi connectivity index (χ0n) is 9.89. The van der Waals surface area contributed by atoms with Crippen molar-refractivity contribution in [1.29, 1.82) is 0 Å². The van der Waals surface area contributed by atoms with E-state index in [1.54, 1.807) is 0 Å². The van der Waals surface area contributed by atoms with Crippen LogP contribution in [0.2, 0.25) is 0 Å². The van der Waals surface area contributed by atoms with Crippen molar-refractivity contribution in [1.82, 2.24) is 10.2 Å². The van der Waals surface area contributed by atoms with Gasteiger partial charge in [-0.15, -0.1) is 0 Å². The Kier molecular flexibility index (Phi) is 6.20. The van der Waals surface area contributed by atoms with Crippen LogP contribution < -0.4 is 5.32 Å². The van der Waals surface area contributed by atoms with Gasteiger partial charge in [-0.05, 0) is 45.3 Å². The van der Waals surface area contributed by atoms with Crippen LogP contribution in [-0.2, 0) is 0 Å². The van der Waals surface area contributed by atoms with Gasteiger partial charge in [0.25, 0.3) is 0 Å². The third-order valence-electron chi connectivity index (χ3n) is 3.10. The maximum absolute atomic E-state index is 3.54. The average molecular weight is 198 g/mol. The van der Waals surface area contributed by atoms with Gasteiger partial charge in [-0.1, -0.05) is 20.3 Å². The maximum Gasteiger partial charge on any atom is 0.0221 e. The topological polar surface area (TPSA) is 15.3 Å². The molecule has 2 nitrogen and oxygen atoms in total. The highest BCUT2D eigenvalue weighted by molar-refractivity contribution is 4.80. The van der Waals surface area contributed by atoms with Gasteiger partial charge >= 0.3 is 0 Å². The number of rotatable bonds is 7. The first-order chi connectivity index (χ1) is 6.88. The van der Waals surface area contributed by atoms with Crippen LogP contribution in [0.15, 0.2) is 0 Å². The normalized spacial score (nSPS) is 23.1. The molecule has 1 saturated heterocycles. The van der Waals surface area contributed by atoms with Gasteiger partial charge in [0.05, 0.1) is 0 Å². The molecule has 1 fully saturated rings. The van der Waals surface area contributed by atoms with Crippen LogP contribution in [0.5, 0.6) is 0 Å². The molecule has 1 rings (SSSR count). The van der Waals surface area contributed by atoms with E-state index in [2.05, 4.69) is 24.1 Å². The third-order valence-corrected chi connectivity index (χ3v) is 3.10. The van der Waals surface area contributed by atoms with Gasteiger partial charge in [-0.3, -0.25) is 4.90 Å². The first-order valence-corrected chi connectivity index (χ1v) is 6.33. The van der Waals surface area contributed by atoms with E-state index < -0.39 is 0 Å². The van der Waals surface area contributed by atoms with E-state index in [0.29, 0.717) is 0 Å². The van der Waals surface area contributed by atoms with Crippen LogP contribution in [0.25, 0.3) is 0 Å². The molecule has 0 bridgehead atoms. The van der Waals surface area contributed by atoms with E-state index >= 15 is 0 Å². The van der Waals surface area contributed by atoms with Crippen molar-refractivity contribution in [2.24, 2.45) is 0 Å². The largest absolute Gasteiger partial charge is 0.315 e. The molecule has 0 saturated carbocycles. The fourth-order valence-electron chi connectivity index (χ4n) is 2.23. The lowest BCUT2D eigenvalue weighted by Gasteiger charge is -2.24. The maximum atomic E-state index is 3.54. The summed E-state index contributed by atoms with van der Waals surface area (Å²) in [5, 5.41) is 3.54. The molecule has 0 aromatic rings. The molecule has 1 heterocycles. The molecular formula is C12H26N2. The number of hydrogen-bond donors (Lipinski definition) is 1. The number of unbranched alkanes of at least 4 members (excludes halogenated alkanes) is 1. The summed E-state index contributed by atoms with van der Waals surface area (Å²) in [6.45, 7) is 9.54. The Bertz CT molecular complexity index is 136. The highest BCUT2D eigenvalue weighted by Gasteiger charge is 2.22. The second-order valence-electron chi connectivity index (χ2n) is 4.39. The lowest BCUT2D eigenvalue weighted by Crippen LogP contribution is -2.38. The van der Waals surface area contributed by atoms with Crippen molar-refractivity contribution in [3.8, 4) is 0 Å². The van der Waals surface area contributed by atoms with Gasteiger partial charge in [-0.25, -0.2) is 0 Å². The first-order valence-electron chi connectivity index (χ1n) is 6.33. The molecule has 0 spiro atoms. The van der Waals surface area contributed by atoms with E-state index in [1.165, 1.54) is 58.3 Å². The van der Waals surface area contributed by atoms with Crippen LogP contribution >= 0.6 is 0 Å². The molecule has 1 aliphatic rings. The monoisotopic (exact) mass is 198 g/mol. The van der Waals surface area contributed by atoms with Crippen molar-refractivity contribution in [2.45, 2.75) is 52.0 Å². The molecule has 0 aromatic heterocycles. The molecule has 0 aliphatic carbocycles. The second-order valence-corrected chi connectivity index (χ2v) is 4.39. The minimum absolute atomic E-state index is 0.827. The van der Waals surface area contributed by atoms with Gasteiger partial charge in [-0.2, -0.15) is 0 Å². The summed E-state index contributed by atoms with van der Waals surface area (Å²) < 4.78 is 0. The standard InChI is InChI=1S/C12H26N2/c1-3-5-9-14-10-6-7-12(14)11-13-8-4-2/h12-13H,3-11H2,1-2H3. The van der Waals surface area contributed by atoms with E-state index in [4.69, 9.17) is 0 Å². The minimum Gasteiger partial charge on any atom is -0.315 e. The predicted octanol–water partition coefficient (Wildman–Crippen LogP) is 2.25. The van der Waals surface area contributed by atoms with Gasteiger partial charge in [0.1, 0.15) is 0 Å². The van der Waals surface area contributed by atoms with E-state index in [-0.39, 0.29) is 0 Å². The molecule has 0 aromatic carbocycles. The molecule has 2 heteroatoms. The van der Waals surface area contributed by atoms with Crippen LogP contribution in [0, 0.1) is 0 Å². The Morgan fingerprint density at radius 2 is 2.14 bits per heavy atom. The predicted molar refractivity (Wildman–Crippen MR) is 62.7 cm³/mol. The van der Waals surface area contributed by atoms with Crippen molar-refractivity contribution in [3.63, 3.8) is 0 Å². The van der Waals surface area contributed by atoms with Crippen molar-refractivity contribution < 1.29 is 0 Å². The summed E-state index contributed by atoms with van der Waals surface area (Å²) in [5.74, 6) is 0. The molecule has 1 N–H and O–H groups in total. The molecule has 1 unspecified atom stereocenters. The Hall–Kier alpha value is -0.0800. The van der Waals surface area contributed by atoms with Crippen molar-refractivity contribution >= 4 is 0 Å². The summed E-state index contributed by atoms with van der Waals surface area (Å²) in [6.07, 6.45) is 6.75. The second kappa shape index (κ2) is 7.24. The highest BCUT2D eigenvalue weighted by Crippen LogP contribution is 2.16. The zero-order chi connectivity index (χ0) is 10.2. The van der Waals surface area contributed by atoms with E-state index in [1.807, 2.05) is 0 Å². The average Bonchev–Trinajstić information content (AvgIpc) is 2.63. The van der Waals surface area contributed by atoms with E-state index in [0.717, 1.165) is 6.04 Å². The number of nitrogens with one attached hydrogen (secondary N) is 1. The summed E-state index contributed by atoms with van der Waals surface area (Å²) in [5.41, 5.74) is 0. The van der Waals surface area contributed by atoms with Gasteiger partial charge in [0.15, 0.2) is 0 Å². The highest BCUT2D eigenvalue weighted by atomic mass is 15.2. The van der Waals surface area contributed by atoms with Crippen molar-refractivity contribution in [3.05, 3.63) is 0 Å². The summed E-state index contributed by atoms with van der Waals surface area (Å²) in [6, 6.07) is 0.827. The van der Waals surface area contributed by atoms with Crippen molar-refractivity contribution in [2.75, 3.05) is 26.2 Å². The summed E-state index contributed by atoms with van der Waals surface area (Å²) >= 11 is 0. The lowest BCUT2D eigenvalue weighted by molar-refractivity contribution is 0.244. The SMILES string of the molecule is CCCCN1CCCC1CNCCC. The van der Waals surface area contributed by atoms with Crippen LogP contribution in [-0.4, -0.2) is 37.1 Å². The Morgan fingerprint density at radius 1 is 1.29 bits per heavy atom. The molecule has 0 amide bonds. The summed E-state index contributed by atoms with van der Waals surface area (Å²) in [4.78, 5) is 2.67. The first kappa shape index (κ1) is 12.0. The fraction of sp³-hybridized carbons (Fsp3) is 1.00. The molecule has 84 valence electrons. The molecule has 1 atom stereocenters. The lowest BCUT2D eigenvalue weighted by atomic mass is 10.2. The van der Waals surface area contributed by atoms with Gasteiger partial charge in [0.2, 0.25) is 0 Å². The number of nitrogens with zero attached hydrogens (tertiary/aromatic N) is 1. The Labute approximate surface area is 89.1 Å². The molecule has 0 radical (unpaired) electrons. The number of likely N-dealkylation sites (tertiary alicyclic amines) is 1. The van der Waals surface area contributed by atoms with E-state index in [9.17, 15) is 0 Å². The quantitative estimate of drug-likeness (QED) is 0.631. The zero-order valence-corrected chi connectivity index (χ0v) is 9.89. The molecule has 1 aliphatic heterocycles. The molecule has 14 heavy (non-hydrogen) atoms. The Balaban J connectivity index is 2.14. The van der Waals surface area contributed by atoms with Gasteiger partial charge < -0.3 is 5.32 Å². The molecular weight excluding hydrogens is 172 g/mol. The summed E-state index contributed by atoms with van der Waals surface area (Å²) in [7, 11) is 0. The smallest absolute Gasteiger partial charge is 0.0221 e. The third kappa shape index (κ3) is 3.97. The Morgan fingerprint density at radius 3 is 2.86 bits per heavy atom. The van der Waals surface area contributed by atoms with Crippen LogP contribution in [0.4, 0.5) is 0 Å². The van der Waals surface area contributed by atoms with Gasteiger partial charge in [0, 0.05) is 12.6 Å². The van der Waals surface area contributed by atoms with Crippen LogP contribution in [0.3, 0.4) is 0 Å². The minimum atomic E-state index is 0.827. The number of hydrogen-bond acceptors (Lipinski definition) is 2.